The van der Waals surface area contributed by atoms with Crippen molar-refractivity contribution >= 4 is 57.1 Å². The van der Waals surface area contributed by atoms with Crippen molar-refractivity contribution in [1.82, 2.24) is 9.97 Å². The van der Waals surface area contributed by atoms with Gasteiger partial charge in [0.15, 0.2) is 0 Å². The van der Waals surface area contributed by atoms with E-state index < -0.39 is 8.07 Å². The first-order valence-corrected chi connectivity index (χ1v) is 22.6. The zero-order valence-electron chi connectivity index (χ0n) is 32.5. The Morgan fingerprint density at radius 3 is 1.93 bits per heavy atom. The number of rotatable bonds is 6. The van der Waals surface area contributed by atoms with Crippen LogP contribution in [0.2, 0.25) is 19.6 Å². The van der Waals surface area contributed by atoms with E-state index >= 15 is 0 Å². The normalized spacial score (nSPS) is 12.0. The van der Waals surface area contributed by atoms with Crippen molar-refractivity contribution in [3.63, 3.8) is 0 Å². The van der Waals surface area contributed by atoms with E-state index in [0.29, 0.717) is 11.2 Å². The van der Waals surface area contributed by atoms with Gasteiger partial charge in [0.2, 0.25) is 0 Å². The number of pyridine rings is 2. The molecule has 0 aliphatic rings. The van der Waals surface area contributed by atoms with Crippen LogP contribution in [0.15, 0.2) is 167 Å². The fourth-order valence-corrected chi connectivity index (χ4v) is 8.46. The van der Waals surface area contributed by atoms with Crippen LogP contribution in [-0.2, 0) is 20.1 Å². The van der Waals surface area contributed by atoms with Crippen molar-refractivity contribution in [2.45, 2.75) is 32.5 Å². The molecule has 1 unspecified atom stereocenters. The van der Waals surface area contributed by atoms with Crippen LogP contribution in [0, 0.1) is 17.9 Å². The van der Waals surface area contributed by atoms with Gasteiger partial charge in [-0.2, -0.15) is 0 Å². The first kappa shape index (κ1) is 38.9. The summed E-state index contributed by atoms with van der Waals surface area (Å²) in [6.45, 7) is 9.12. The predicted octanol–water partition coefficient (Wildman–Crippen LogP) is 13.4. The summed E-state index contributed by atoms with van der Waals surface area (Å²) in [4.78, 5) is 9.30. The molecule has 7 heteroatoms. The molecule has 4 nitrogen and oxygen atoms in total. The number of halogens is 1. The van der Waals surface area contributed by atoms with Crippen LogP contribution in [0.5, 0.6) is 0 Å². The Balaban J connectivity index is 0.000000167. The third-order valence-electron chi connectivity index (χ3n) is 10.7. The maximum atomic E-state index is 13.5. The zero-order valence-corrected chi connectivity index (χ0v) is 35.9. The van der Waals surface area contributed by atoms with Crippen LogP contribution in [0.25, 0.3) is 77.5 Å². The Hall–Kier alpha value is -5.98. The number of hydrogen-bond acceptors (Lipinski definition) is 4. The van der Waals surface area contributed by atoms with Crippen LogP contribution in [-0.4, -0.2) is 18.0 Å². The maximum Gasteiger partial charge on any atom is 0.126 e. The van der Waals surface area contributed by atoms with E-state index in [2.05, 4.69) is 146 Å². The molecule has 0 saturated carbocycles. The quantitative estimate of drug-likeness (QED) is 0.123. The monoisotopic (exact) mass is 951 g/mol. The third-order valence-corrected chi connectivity index (χ3v) is 12.7. The summed E-state index contributed by atoms with van der Waals surface area (Å²) >= 11 is 0. The average molecular weight is 951 g/mol. The van der Waals surface area contributed by atoms with Crippen molar-refractivity contribution in [2.75, 3.05) is 0 Å². The van der Waals surface area contributed by atoms with E-state index in [1.165, 1.54) is 39.6 Å². The second-order valence-electron chi connectivity index (χ2n) is 15.4. The molecule has 0 aliphatic carbocycles. The van der Waals surface area contributed by atoms with Crippen molar-refractivity contribution < 1.29 is 33.3 Å². The second kappa shape index (κ2) is 16.1. The first-order valence-electron chi connectivity index (χ1n) is 19.1. The van der Waals surface area contributed by atoms with Crippen LogP contribution >= 0.6 is 0 Å². The molecular formula is C51H39FIrN2O2Si-2. The molecular weight excluding hydrogens is 912 g/mol. The Labute approximate surface area is 351 Å². The van der Waals surface area contributed by atoms with E-state index in [0.717, 1.165) is 55.2 Å². The number of furan rings is 2. The molecule has 287 valence electrons. The maximum absolute atomic E-state index is 13.5. The summed E-state index contributed by atoms with van der Waals surface area (Å²) in [5.74, 6) is -0.0269. The molecule has 0 amide bonds. The summed E-state index contributed by atoms with van der Waals surface area (Å²) in [5, 5.41) is 5.36. The number of hydrogen-bond donors (Lipinski definition) is 0. The van der Waals surface area contributed by atoms with E-state index in [1.54, 1.807) is 6.07 Å². The molecule has 4 heterocycles. The van der Waals surface area contributed by atoms with Gasteiger partial charge in [-0.3, -0.25) is 0 Å². The van der Waals surface area contributed by atoms with Crippen molar-refractivity contribution in [3.05, 3.63) is 187 Å². The van der Waals surface area contributed by atoms with Crippen molar-refractivity contribution in [3.8, 4) is 33.6 Å². The number of benzene rings is 6. The molecule has 0 aliphatic heterocycles. The van der Waals surface area contributed by atoms with Crippen LogP contribution in [0.1, 0.15) is 24.0 Å². The van der Waals surface area contributed by atoms with Gasteiger partial charge >= 0.3 is 0 Å². The zero-order chi connectivity index (χ0) is 39.1. The van der Waals surface area contributed by atoms with E-state index in [-0.39, 0.29) is 31.8 Å². The molecule has 58 heavy (non-hydrogen) atoms. The van der Waals surface area contributed by atoms with Crippen molar-refractivity contribution in [2.24, 2.45) is 0 Å². The summed E-state index contributed by atoms with van der Waals surface area (Å²) < 4.78 is 25.7. The summed E-state index contributed by atoms with van der Waals surface area (Å²) in [7, 11) is -1.38. The first-order chi connectivity index (χ1) is 27.7. The summed E-state index contributed by atoms with van der Waals surface area (Å²) in [6, 6.07) is 54.9. The van der Waals surface area contributed by atoms with Crippen molar-refractivity contribution in [1.29, 1.82) is 0 Å². The second-order valence-corrected chi connectivity index (χ2v) is 20.5. The van der Waals surface area contributed by atoms with Gasteiger partial charge in [0.25, 0.3) is 0 Å². The minimum atomic E-state index is -1.38. The summed E-state index contributed by atoms with van der Waals surface area (Å²) in [6.07, 6.45) is 3.84. The predicted molar refractivity (Wildman–Crippen MR) is 234 cm³/mol. The smallest absolute Gasteiger partial charge is 0.126 e. The van der Waals surface area contributed by atoms with Gasteiger partial charge in [-0.1, -0.05) is 133 Å². The molecule has 1 radical (unpaired) electrons. The molecule has 0 fully saturated rings. The minimum absolute atomic E-state index is 0. The Morgan fingerprint density at radius 1 is 0.569 bits per heavy atom. The number of fused-ring (bicyclic) bond motifs is 6. The number of aromatic nitrogens is 2. The van der Waals surface area contributed by atoms with Gasteiger partial charge in [-0.15, -0.1) is 36.4 Å². The van der Waals surface area contributed by atoms with E-state index in [9.17, 15) is 4.39 Å². The van der Waals surface area contributed by atoms with Crippen LogP contribution < -0.4 is 5.19 Å². The molecule has 10 aromatic rings. The van der Waals surface area contributed by atoms with Gasteiger partial charge in [-0.05, 0) is 69.2 Å². The average Bonchev–Trinajstić information content (AvgIpc) is 3.81. The summed E-state index contributed by atoms with van der Waals surface area (Å²) in [5.41, 5.74) is 11.2. The van der Waals surface area contributed by atoms with Gasteiger partial charge in [-0.25, -0.2) is 4.39 Å². The largest absolute Gasteiger partial charge is 0.501 e. The molecule has 6 aromatic carbocycles. The third kappa shape index (κ3) is 7.57. The standard InChI is InChI=1S/C31H22NO.C20H17FNOSi.Ir/c1-21(22-9-4-2-5-10-22)24-17-18-32-29(20-24)27-14-8-13-26-28-19-25(23-11-6-3-7-12-23)15-16-30(28)33-31(26)27;1-24(2,3)14-8-10-18(22-12-14)17-6-4-5-16-15-9-7-13(21)11-19(15)23-20(16)17;/h2-13,15-21H,1H3;4-5,7-12H,1-3H3;/q2*-1;. The van der Waals surface area contributed by atoms with E-state index in [4.69, 9.17) is 8.83 Å². The van der Waals surface area contributed by atoms with Gasteiger partial charge in [0.1, 0.15) is 17.0 Å². The molecule has 0 bridgehead atoms. The molecule has 0 N–H and O–H groups in total. The Kier molecular flexibility index (Phi) is 10.8. The Bertz CT molecular complexity index is 3030. The Morgan fingerprint density at radius 2 is 1.24 bits per heavy atom. The molecule has 0 saturated heterocycles. The van der Waals surface area contributed by atoms with Gasteiger partial charge in [0, 0.05) is 55.3 Å². The fourth-order valence-electron chi connectivity index (χ4n) is 7.42. The van der Waals surface area contributed by atoms with Crippen LogP contribution in [0.4, 0.5) is 4.39 Å². The molecule has 0 spiro atoms. The van der Waals surface area contributed by atoms with E-state index in [1.807, 2.05) is 42.7 Å². The van der Waals surface area contributed by atoms with Gasteiger partial charge in [0.05, 0.1) is 19.2 Å². The van der Waals surface area contributed by atoms with Gasteiger partial charge < -0.3 is 18.8 Å². The van der Waals surface area contributed by atoms with Crippen LogP contribution in [0.3, 0.4) is 0 Å². The topological polar surface area (TPSA) is 52.1 Å². The molecule has 4 aromatic heterocycles. The fraction of sp³-hybridized carbons (Fsp3) is 0.0980. The minimum Gasteiger partial charge on any atom is -0.501 e. The molecule has 10 rings (SSSR count). The number of nitrogens with zero attached hydrogens (tertiary/aromatic N) is 2. The molecule has 1 atom stereocenters. The SMILES string of the molecule is CC(c1ccccc1)c1ccnc(-c2[c-]ccc3c2oc2ccc(-c4ccccc4)cc23)c1.C[Si](C)(C)c1ccc(-c2[c-]ccc3c2oc2cc(F)ccc23)nc1.[Ir].